The Balaban J connectivity index is 0.994. The van der Waals surface area contributed by atoms with Gasteiger partial charge in [0, 0.05) is 17.8 Å². The molecule has 0 aliphatic carbocycles. The Kier molecular flexibility index (Phi) is 10.7. The van der Waals surface area contributed by atoms with Gasteiger partial charge in [0.1, 0.15) is 11.5 Å². The van der Waals surface area contributed by atoms with E-state index in [1.165, 1.54) is 87.8 Å². The minimum Gasteiger partial charge on any atom is -0.456 e. The van der Waals surface area contributed by atoms with Crippen molar-refractivity contribution in [2.45, 2.75) is 90.9 Å². The molecule has 9 rings (SSSR count). The van der Waals surface area contributed by atoms with Crippen molar-refractivity contribution >= 4 is 64.6 Å². The zero-order chi connectivity index (χ0) is 41.5. The Morgan fingerprint density at radius 1 is 0.450 bits per heavy atom. The molecule has 0 radical (unpaired) electrons. The summed E-state index contributed by atoms with van der Waals surface area (Å²) in [7, 11) is 1.47. The van der Waals surface area contributed by atoms with Crippen LogP contribution in [0.15, 0.2) is 122 Å². The van der Waals surface area contributed by atoms with Gasteiger partial charge in [0.15, 0.2) is 0 Å². The summed E-state index contributed by atoms with van der Waals surface area (Å²) < 4.78 is 9.07. The van der Waals surface area contributed by atoms with Crippen molar-refractivity contribution in [2.75, 3.05) is 0 Å². The molecule has 302 valence electrons. The highest BCUT2D eigenvalue weighted by Crippen LogP contribution is 2.39. The van der Waals surface area contributed by atoms with Crippen LogP contribution in [0.5, 0.6) is 11.5 Å². The van der Waals surface area contributed by atoms with Crippen molar-refractivity contribution in [3.8, 4) is 17.2 Å². The first-order chi connectivity index (χ1) is 29.2. The lowest BCUT2D eigenvalue weighted by Crippen LogP contribution is -2.23. The van der Waals surface area contributed by atoms with Gasteiger partial charge < -0.3 is 4.74 Å². The Labute approximate surface area is 348 Å². The van der Waals surface area contributed by atoms with Crippen LogP contribution in [0.25, 0.3) is 70.3 Å². The summed E-state index contributed by atoms with van der Waals surface area (Å²) in [6, 6.07) is 33.2. The maximum Gasteiger partial charge on any atom is 0.266 e. The number of rotatable bonds is 15. The van der Waals surface area contributed by atoms with Crippen LogP contribution in [0.1, 0.15) is 88.7 Å². The lowest BCUT2D eigenvalue weighted by Gasteiger charge is -2.15. The summed E-state index contributed by atoms with van der Waals surface area (Å²) in [5.74, 6) is 1.48. The lowest BCUT2D eigenvalue weighted by molar-refractivity contribution is 0.493. The first-order valence-corrected chi connectivity index (χ1v) is 21.7. The average Bonchev–Trinajstić information content (AvgIpc) is 3.62. The summed E-state index contributed by atoms with van der Waals surface area (Å²) in [6.07, 6.45) is 15.7. The first kappa shape index (κ1) is 39.1. The van der Waals surface area contributed by atoms with Crippen molar-refractivity contribution in [2.24, 2.45) is 7.05 Å². The van der Waals surface area contributed by atoms with E-state index in [-0.39, 0.29) is 11.1 Å². The average molecular weight is 795 g/mol. The monoisotopic (exact) mass is 794 g/mol. The third-order valence-electron chi connectivity index (χ3n) is 12.6. The molecular weight excluding hydrogens is 745 g/mol. The molecule has 0 bridgehead atoms. The number of fused-ring (bicyclic) bond motifs is 7. The largest absolute Gasteiger partial charge is 0.456 e. The molecule has 60 heavy (non-hydrogen) atoms. The zero-order valence-corrected chi connectivity index (χ0v) is 34.7. The van der Waals surface area contributed by atoms with Gasteiger partial charge in [0.2, 0.25) is 0 Å². The van der Waals surface area contributed by atoms with Crippen molar-refractivity contribution in [3.05, 3.63) is 156 Å². The second kappa shape index (κ2) is 16.4. The van der Waals surface area contributed by atoms with Gasteiger partial charge in [-0.05, 0) is 118 Å². The maximum absolute atomic E-state index is 14.2. The van der Waals surface area contributed by atoms with Crippen molar-refractivity contribution < 1.29 is 4.74 Å². The number of aromatic nitrogens is 2. The molecule has 7 nitrogen and oxygen atoms in total. The molecule has 0 fully saturated rings. The van der Waals surface area contributed by atoms with E-state index in [1.54, 1.807) is 24.3 Å². The molecule has 0 aliphatic heterocycles. The van der Waals surface area contributed by atoms with Crippen LogP contribution < -0.4 is 27.0 Å². The highest BCUT2D eigenvalue weighted by atomic mass is 16.5. The van der Waals surface area contributed by atoms with E-state index in [0.717, 1.165) is 71.1 Å². The summed E-state index contributed by atoms with van der Waals surface area (Å²) >= 11 is 0. The fraction of sp³-hybridized carbons (Fsp3) is 0.283. The quantitative estimate of drug-likeness (QED) is 0.0586. The fourth-order valence-electron chi connectivity index (χ4n) is 9.17. The molecular formula is C53H50N2O5. The van der Waals surface area contributed by atoms with Gasteiger partial charge in [0.25, 0.3) is 22.2 Å². The minimum absolute atomic E-state index is 0.296. The Bertz CT molecular complexity index is 3310. The number of nitrogens with zero attached hydrogens (tertiary/aromatic N) is 2. The van der Waals surface area contributed by atoms with Crippen LogP contribution in [-0.2, 0) is 13.5 Å². The summed E-state index contributed by atoms with van der Waals surface area (Å²) in [5.41, 5.74) is 1.39. The Morgan fingerprint density at radius 2 is 0.967 bits per heavy atom. The van der Waals surface area contributed by atoms with E-state index in [0.29, 0.717) is 27.2 Å². The molecule has 0 N–H and O–H groups in total. The fourth-order valence-corrected chi connectivity index (χ4v) is 9.17. The summed E-state index contributed by atoms with van der Waals surface area (Å²) in [4.78, 5) is 53.8. The Morgan fingerprint density at radius 3 is 1.58 bits per heavy atom. The Hall–Kier alpha value is -6.34. The van der Waals surface area contributed by atoms with Crippen LogP contribution in [0.2, 0.25) is 0 Å². The van der Waals surface area contributed by atoms with E-state index in [4.69, 9.17) is 4.74 Å². The molecule has 2 heterocycles. The molecule has 0 aliphatic rings. The second-order valence-electron chi connectivity index (χ2n) is 16.8. The molecule has 0 saturated carbocycles. The molecule has 9 aromatic rings. The SMILES string of the molecule is CCCCCCCCCCCCCc1ccc(Oc2c3ccc(C)cc3cc3cc(-n4c(=O)c5cc6ccc7cc8c(=O)n(C)c(=O)c8cc7c6cc5c4=O)ccc23)cc1. The number of hydrogen-bond donors (Lipinski definition) is 0. The van der Waals surface area contributed by atoms with Gasteiger partial charge in [0.05, 0.1) is 27.2 Å². The van der Waals surface area contributed by atoms with Crippen molar-refractivity contribution in [3.63, 3.8) is 0 Å². The van der Waals surface area contributed by atoms with Gasteiger partial charge in [-0.3, -0.25) is 23.7 Å². The minimum atomic E-state index is -0.415. The van der Waals surface area contributed by atoms with Gasteiger partial charge in [-0.25, -0.2) is 4.57 Å². The van der Waals surface area contributed by atoms with E-state index in [9.17, 15) is 19.2 Å². The molecule has 0 unspecified atom stereocenters. The van der Waals surface area contributed by atoms with Crippen LogP contribution >= 0.6 is 0 Å². The van der Waals surface area contributed by atoms with Crippen LogP contribution in [-0.4, -0.2) is 9.13 Å². The predicted molar refractivity (Wildman–Crippen MR) is 249 cm³/mol. The highest BCUT2D eigenvalue weighted by molar-refractivity contribution is 6.15. The van der Waals surface area contributed by atoms with Gasteiger partial charge in [-0.2, -0.15) is 0 Å². The normalized spacial score (nSPS) is 12.0. The van der Waals surface area contributed by atoms with E-state index >= 15 is 0 Å². The maximum atomic E-state index is 14.2. The van der Waals surface area contributed by atoms with Crippen molar-refractivity contribution in [1.82, 2.24) is 9.13 Å². The molecule has 0 saturated heterocycles. The number of benzene rings is 7. The first-order valence-electron chi connectivity index (χ1n) is 21.7. The van der Waals surface area contributed by atoms with Gasteiger partial charge in [-0.1, -0.05) is 119 Å². The molecule has 2 aromatic heterocycles. The zero-order valence-electron chi connectivity index (χ0n) is 34.7. The predicted octanol–water partition coefficient (Wildman–Crippen LogP) is 12.0. The van der Waals surface area contributed by atoms with E-state index < -0.39 is 11.1 Å². The third-order valence-corrected chi connectivity index (χ3v) is 12.6. The van der Waals surface area contributed by atoms with E-state index in [1.807, 2.05) is 30.3 Å². The summed E-state index contributed by atoms with van der Waals surface area (Å²) in [6.45, 7) is 4.33. The number of aryl methyl sites for hydroxylation is 2. The number of hydrogen-bond acceptors (Lipinski definition) is 5. The molecule has 0 amide bonds. The standard InChI is InChI=1S/C53H50N2O5/c1-4-5-6-7-8-9-10-11-12-13-14-15-34-17-22-40(23-18-34)60-49-41-24-16-33(2)26-37(41)27-38-28-39(21-25-42(38)49)55-52(58)46-30-36-20-19-35-29-45-47(51(57)54(3)50(45)56)31-43(35)44(36)32-48(46)53(55)59/h16-32H,4-15H2,1-3H3. The second-order valence-corrected chi connectivity index (χ2v) is 16.8. The number of ether oxygens (including phenoxy) is 1. The smallest absolute Gasteiger partial charge is 0.266 e. The van der Waals surface area contributed by atoms with Gasteiger partial charge in [-0.15, -0.1) is 0 Å². The molecule has 7 aromatic carbocycles. The molecule has 0 spiro atoms. The van der Waals surface area contributed by atoms with E-state index in [2.05, 4.69) is 62.4 Å². The van der Waals surface area contributed by atoms with Gasteiger partial charge >= 0.3 is 0 Å². The highest BCUT2D eigenvalue weighted by Gasteiger charge is 2.19. The lowest BCUT2D eigenvalue weighted by atomic mass is 9.98. The van der Waals surface area contributed by atoms with Crippen LogP contribution in [0, 0.1) is 6.92 Å². The van der Waals surface area contributed by atoms with Crippen LogP contribution in [0.4, 0.5) is 0 Å². The van der Waals surface area contributed by atoms with Crippen molar-refractivity contribution in [1.29, 1.82) is 0 Å². The molecule has 0 atom stereocenters. The topological polar surface area (TPSA) is 87.4 Å². The third kappa shape index (κ3) is 7.20. The number of unbranched alkanes of at least 4 members (excludes halogenated alkanes) is 10. The van der Waals surface area contributed by atoms with Crippen LogP contribution in [0.3, 0.4) is 0 Å². The summed E-state index contributed by atoms with van der Waals surface area (Å²) in [5, 5.41) is 8.03. The molecule has 7 heteroatoms.